The highest BCUT2D eigenvalue weighted by Crippen LogP contribution is 2.39. The molecule has 2 nitrogen and oxygen atoms in total. The van der Waals surface area contributed by atoms with Crippen molar-refractivity contribution in [2.75, 3.05) is 4.90 Å². The Balaban J connectivity index is 1.06. The van der Waals surface area contributed by atoms with Crippen molar-refractivity contribution in [3.8, 4) is 44.7 Å². The summed E-state index contributed by atoms with van der Waals surface area (Å²) in [6.07, 6.45) is 0. The summed E-state index contributed by atoms with van der Waals surface area (Å²) in [5.74, 6) is 0.865. The Morgan fingerprint density at radius 1 is 0.300 bits per heavy atom. The molecule has 0 aliphatic heterocycles. The molecule has 0 aliphatic rings. The van der Waals surface area contributed by atoms with Crippen molar-refractivity contribution < 1.29 is 4.42 Å². The first kappa shape index (κ1) is 29.5. The highest BCUT2D eigenvalue weighted by molar-refractivity contribution is 6.05. The van der Waals surface area contributed by atoms with Gasteiger partial charge in [-0.15, -0.1) is 0 Å². The second kappa shape index (κ2) is 12.8. The van der Waals surface area contributed by atoms with Crippen LogP contribution >= 0.6 is 0 Å². The van der Waals surface area contributed by atoms with Crippen LogP contribution < -0.4 is 4.90 Å². The molecule has 9 rings (SSSR count). The maximum absolute atomic E-state index is 6.47. The maximum Gasteiger partial charge on any atom is 0.142 e. The predicted molar refractivity (Wildman–Crippen MR) is 210 cm³/mol. The number of fused-ring (bicyclic) bond motifs is 3. The Morgan fingerprint density at radius 3 is 1.18 bits per heavy atom. The van der Waals surface area contributed by atoms with Gasteiger partial charge in [-0.05, 0) is 93.4 Å². The summed E-state index contributed by atoms with van der Waals surface area (Å²) in [7, 11) is 0. The van der Waals surface area contributed by atoms with Crippen LogP contribution in [0.15, 0.2) is 205 Å². The number of furan rings is 1. The summed E-state index contributed by atoms with van der Waals surface area (Å²) in [6.45, 7) is 0. The van der Waals surface area contributed by atoms with E-state index in [1.807, 2.05) is 0 Å². The molecule has 9 aromatic rings. The largest absolute Gasteiger partial charge is 0.455 e. The third-order valence-electron chi connectivity index (χ3n) is 9.50. The molecule has 0 saturated heterocycles. The van der Waals surface area contributed by atoms with Crippen LogP contribution in [0.3, 0.4) is 0 Å². The fourth-order valence-corrected chi connectivity index (χ4v) is 6.85. The molecule has 1 aromatic heterocycles. The lowest BCUT2D eigenvalue weighted by molar-refractivity contribution is 0.635. The SMILES string of the molecule is c1ccc(-c2ccc(-c3ccc(N(c4ccc(-c5ccccc5)cc4)c4ccc(-c5cc6ccc7ccccc7c6o5)cc4)cc3)cc2)cc1. The Labute approximate surface area is 292 Å². The Morgan fingerprint density at radius 2 is 0.680 bits per heavy atom. The molecule has 50 heavy (non-hydrogen) atoms. The van der Waals surface area contributed by atoms with E-state index in [-0.39, 0.29) is 0 Å². The minimum atomic E-state index is 0.865. The molecule has 0 bridgehead atoms. The molecule has 1 heterocycles. The molecule has 0 saturated carbocycles. The van der Waals surface area contributed by atoms with Crippen molar-refractivity contribution >= 4 is 38.8 Å². The van der Waals surface area contributed by atoms with E-state index in [0.717, 1.165) is 44.7 Å². The zero-order valence-corrected chi connectivity index (χ0v) is 27.4. The lowest BCUT2D eigenvalue weighted by Gasteiger charge is -2.26. The molecular weight excluding hydrogens is 607 g/mol. The number of hydrogen-bond donors (Lipinski definition) is 0. The monoisotopic (exact) mass is 639 g/mol. The van der Waals surface area contributed by atoms with Crippen LogP contribution in [0.1, 0.15) is 0 Å². The van der Waals surface area contributed by atoms with Gasteiger partial charge in [0.05, 0.1) is 0 Å². The van der Waals surface area contributed by atoms with Gasteiger partial charge in [0.25, 0.3) is 0 Å². The average Bonchev–Trinajstić information content (AvgIpc) is 3.65. The smallest absolute Gasteiger partial charge is 0.142 e. The zero-order chi connectivity index (χ0) is 33.3. The molecule has 236 valence electrons. The number of anilines is 3. The number of hydrogen-bond acceptors (Lipinski definition) is 2. The first-order chi connectivity index (χ1) is 24.8. The molecule has 0 spiro atoms. The molecule has 0 atom stereocenters. The van der Waals surface area contributed by atoms with E-state index >= 15 is 0 Å². The van der Waals surface area contributed by atoms with Crippen LogP contribution in [0.25, 0.3) is 66.4 Å². The normalized spacial score (nSPS) is 11.2. The van der Waals surface area contributed by atoms with Gasteiger partial charge in [-0.1, -0.05) is 146 Å². The lowest BCUT2D eigenvalue weighted by atomic mass is 10.00. The van der Waals surface area contributed by atoms with Crippen LogP contribution in [0.4, 0.5) is 17.1 Å². The van der Waals surface area contributed by atoms with E-state index in [4.69, 9.17) is 4.42 Å². The molecule has 0 fully saturated rings. The van der Waals surface area contributed by atoms with Crippen molar-refractivity contribution in [2.45, 2.75) is 0 Å². The van der Waals surface area contributed by atoms with Crippen molar-refractivity contribution in [1.29, 1.82) is 0 Å². The van der Waals surface area contributed by atoms with Crippen molar-refractivity contribution in [2.24, 2.45) is 0 Å². The summed E-state index contributed by atoms with van der Waals surface area (Å²) < 4.78 is 6.47. The fourth-order valence-electron chi connectivity index (χ4n) is 6.85. The fraction of sp³-hybridized carbons (Fsp3) is 0. The van der Waals surface area contributed by atoms with E-state index in [0.29, 0.717) is 0 Å². The third-order valence-corrected chi connectivity index (χ3v) is 9.50. The second-order valence-corrected chi connectivity index (χ2v) is 12.6. The van der Waals surface area contributed by atoms with Crippen molar-refractivity contribution in [3.63, 3.8) is 0 Å². The van der Waals surface area contributed by atoms with Gasteiger partial charge in [0, 0.05) is 33.4 Å². The summed E-state index contributed by atoms with van der Waals surface area (Å²) >= 11 is 0. The van der Waals surface area contributed by atoms with Gasteiger partial charge in [0.15, 0.2) is 0 Å². The van der Waals surface area contributed by atoms with Crippen LogP contribution in [0, 0.1) is 0 Å². The highest BCUT2D eigenvalue weighted by Gasteiger charge is 2.15. The Bertz CT molecular complexity index is 2530. The van der Waals surface area contributed by atoms with Crippen LogP contribution in [0.5, 0.6) is 0 Å². The number of benzene rings is 8. The van der Waals surface area contributed by atoms with Crippen LogP contribution in [0.2, 0.25) is 0 Å². The first-order valence-electron chi connectivity index (χ1n) is 17.0. The number of rotatable bonds is 7. The van der Waals surface area contributed by atoms with Gasteiger partial charge in [0.2, 0.25) is 0 Å². The topological polar surface area (TPSA) is 16.4 Å². The van der Waals surface area contributed by atoms with Gasteiger partial charge >= 0.3 is 0 Å². The maximum atomic E-state index is 6.47. The zero-order valence-electron chi connectivity index (χ0n) is 27.4. The van der Waals surface area contributed by atoms with Crippen molar-refractivity contribution in [3.05, 3.63) is 200 Å². The molecule has 2 heteroatoms. The highest BCUT2D eigenvalue weighted by atomic mass is 16.3. The summed E-state index contributed by atoms with van der Waals surface area (Å²) in [6, 6.07) is 71.0. The summed E-state index contributed by atoms with van der Waals surface area (Å²) in [5, 5.41) is 3.42. The summed E-state index contributed by atoms with van der Waals surface area (Å²) in [5.41, 5.74) is 12.4. The minimum Gasteiger partial charge on any atom is -0.455 e. The Kier molecular flexibility index (Phi) is 7.53. The van der Waals surface area contributed by atoms with Gasteiger partial charge in [-0.25, -0.2) is 0 Å². The first-order valence-corrected chi connectivity index (χ1v) is 17.0. The van der Waals surface area contributed by atoms with Crippen molar-refractivity contribution in [1.82, 2.24) is 0 Å². The lowest BCUT2D eigenvalue weighted by Crippen LogP contribution is -2.09. The van der Waals surface area contributed by atoms with Crippen LogP contribution in [-0.2, 0) is 0 Å². The third kappa shape index (κ3) is 5.63. The average molecular weight is 640 g/mol. The molecule has 0 unspecified atom stereocenters. The van der Waals surface area contributed by atoms with E-state index in [1.54, 1.807) is 0 Å². The minimum absolute atomic E-state index is 0.865. The van der Waals surface area contributed by atoms with Gasteiger partial charge in [-0.3, -0.25) is 0 Å². The summed E-state index contributed by atoms with van der Waals surface area (Å²) in [4.78, 5) is 2.31. The van der Waals surface area contributed by atoms with Gasteiger partial charge < -0.3 is 9.32 Å². The van der Waals surface area contributed by atoms with Crippen LogP contribution in [-0.4, -0.2) is 0 Å². The predicted octanol–water partition coefficient (Wildman–Crippen LogP) is 13.7. The molecule has 8 aromatic carbocycles. The second-order valence-electron chi connectivity index (χ2n) is 12.6. The number of nitrogens with zero attached hydrogens (tertiary/aromatic N) is 1. The van der Waals surface area contributed by atoms with E-state index < -0.39 is 0 Å². The van der Waals surface area contributed by atoms with E-state index in [2.05, 4.69) is 205 Å². The Hall–Kier alpha value is -6.64. The van der Waals surface area contributed by atoms with E-state index in [1.165, 1.54) is 38.8 Å². The van der Waals surface area contributed by atoms with Gasteiger partial charge in [0.1, 0.15) is 11.3 Å². The molecule has 0 radical (unpaired) electrons. The molecule has 0 N–H and O–H groups in total. The van der Waals surface area contributed by atoms with Gasteiger partial charge in [-0.2, -0.15) is 0 Å². The standard InChI is InChI=1S/C48H33NO/c1-3-9-34(10-4-1)36-15-17-37(18-16-36)39-23-29-44(30-24-39)49(43-27-21-38(22-28-43)35-11-5-2-6-12-35)45-31-25-41(26-32-45)47-33-42-20-19-40-13-7-8-14-46(40)48(42)50-47/h1-33H. The molecular formula is C48H33NO. The molecule has 0 amide bonds. The van der Waals surface area contributed by atoms with E-state index in [9.17, 15) is 0 Å². The molecule has 0 aliphatic carbocycles. The quantitative estimate of drug-likeness (QED) is 0.173.